The van der Waals surface area contributed by atoms with E-state index in [-0.39, 0.29) is 145 Å². The molecule has 0 aliphatic carbocycles. The molecule has 0 fully saturated rings. The van der Waals surface area contributed by atoms with E-state index in [0.717, 1.165) is 146 Å². The van der Waals surface area contributed by atoms with Gasteiger partial charge in [0.1, 0.15) is 40.2 Å². The molecule has 0 bridgehead atoms. The van der Waals surface area contributed by atoms with Gasteiger partial charge in [-0.15, -0.1) is 0 Å². The van der Waals surface area contributed by atoms with Crippen LogP contribution in [0.15, 0.2) is 215 Å². The van der Waals surface area contributed by atoms with Crippen LogP contribution >= 0.6 is 0 Å². The molecule has 0 amide bonds. The Hall–Kier alpha value is -14.5. The monoisotopic (exact) mass is 2900 g/mol. The molecule has 20 heterocycles. The van der Waals surface area contributed by atoms with Crippen molar-refractivity contribution in [2.75, 3.05) is 0 Å². The van der Waals surface area contributed by atoms with Gasteiger partial charge in [-0.3, -0.25) is 85.0 Å². The Morgan fingerprint density at radius 3 is 0.724 bits per heavy atom. The summed E-state index contributed by atoms with van der Waals surface area (Å²) in [4.78, 5) is 68.0. The van der Waals surface area contributed by atoms with Crippen LogP contribution in [0, 0.1) is 93.6 Å². The summed E-state index contributed by atoms with van der Waals surface area (Å²) in [7, 11) is 0. The molecule has 0 N–H and O–H groups in total. The van der Waals surface area contributed by atoms with Gasteiger partial charge >= 0.3 is 130 Å². The molecular formula is C88H68F15N37Pt5. The summed E-state index contributed by atoms with van der Waals surface area (Å²) in [5.41, 5.74) is 12.0. The maximum Gasteiger partial charge on any atom is 2.00 e. The smallest absolute Gasteiger partial charge is 0.574 e. The molecule has 20 rings (SSSR count). The van der Waals surface area contributed by atoms with Gasteiger partial charge in [-0.1, -0.05) is 63.8 Å². The normalized spacial score (nSPS) is 10.6. The van der Waals surface area contributed by atoms with Crippen LogP contribution in [0.2, 0.25) is 0 Å². The van der Waals surface area contributed by atoms with Crippen LogP contribution in [0.3, 0.4) is 0 Å². The predicted molar refractivity (Wildman–Crippen MR) is 464 cm³/mol. The van der Waals surface area contributed by atoms with Crippen molar-refractivity contribution >= 4 is 0 Å². The molecule has 57 heteroatoms. The molecule has 20 aromatic rings. The van der Waals surface area contributed by atoms with E-state index in [0.29, 0.717) is 57.5 Å². The van der Waals surface area contributed by atoms with Crippen molar-refractivity contribution < 1.29 is 171 Å². The molecule has 760 valence electrons. The van der Waals surface area contributed by atoms with E-state index in [1.54, 1.807) is 125 Å². The number of pyridine rings is 5. The first kappa shape index (κ1) is 119. The number of halogens is 15. The van der Waals surface area contributed by atoms with Crippen LogP contribution < -0.4 is 51.0 Å². The summed E-state index contributed by atoms with van der Waals surface area (Å²) in [6.07, 6.45) is 10.2. The SMILES string of the molecule is Cc1cc(-c2cc(F)ccn2)[n-]n1.Cc1ccnc(-c2cc(C(F)(F)F)n[n-]2)c1.Cc1ccnc(-c2cc(C(F)(F)F)n[n-]2)c1.Cc1cnc(-c2cc(C)n[n-]2)cn1.Cc1cnc(-c2cc(C)n[n-]2)cn1.Cc1n[n-]c(-c2cnccn2)c1C.Cc1n[n-]c(-c2cnccn2)n1.Cc1n[n-]c(-c2cnccn2)n1.Fc1ccnc(-c2cc(C(F)(F)F)n[n-]2)c1.Fc1ccnc(-c2cc(C(F)(F)F)n[n-]2)c1.[Pt+2].[Pt+2].[Pt+2].[Pt+2].[Pt+2]. The number of aryl methyl sites for hydroxylation is 10. The molecular weight excluding hydrogens is 2840 g/mol. The van der Waals surface area contributed by atoms with Crippen LogP contribution in [-0.4, -0.2) is 136 Å². The van der Waals surface area contributed by atoms with Gasteiger partial charge < -0.3 is 102 Å². The van der Waals surface area contributed by atoms with Crippen molar-refractivity contribution in [1.29, 1.82) is 0 Å². The second kappa shape index (κ2) is 55.9. The van der Waals surface area contributed by atoms with Gasteiger partial charge in [0.15, 0.2) is 0 Å². The largest absolute Gasteiger partial charge is 2.00 e. The Balaban J connectivity index is 0.000000246. The Kier molecular flexibility index (Phi) is 46.0. The molecule has 0 aliphatic rings. The Morgan fingerprint density at radius 1 is 0.221 bits per heavy atom. The average molecular weight is 2900 g/mol. The molecule has 20 aromatic heterocycles. The first-order valence-corrected chi connectivity index (χ1v) is 40.1. The molecule has 0 aliphatic heterocycles. The van der Waals surface area contributed by atoms with E-state index in [4.69, 9.17) is 0 Å². The number of alkyl halides is 12. The van der Waals surface area contributed by atoms with Crippen LogP contribution in [0.4, 0.5) is 65.9 Å². The zero-order valence-electron chi connectivity index (χ0n) is 76.0. The van der Waals surface area contributed by atoms with Crippen molar-refractivity contribution in [2.24, 2.45) is 0 Å². The molecule has 145 heavy (non-hydrogen) atoms. The molecule has 37 nitrogen and oxygen atoms in total. The van der Waals surface area contributed by atoms with Gasteiger partial charge in [-0.25, -0.2) is 13.2 Å². The summed E-state index contributed by atoms with van der Waals surface area (Å²) in [5.74, 6) is 0.848. The first-order valence-electron chi connectivity index (χ1n) is 40.1. The zero-order chi connectivity index (χ0) is 101. The number of hydrogen-bond donors (Lipinski definition) is 0. The van der Waals surface area contributed by atoms with Crippen LogP contribution in [0.5, 0.6) is 0 Å². The van der Waals surface area contributed by atoms with Crippen molar-refractivity contribution in [3.05, 3.63) is 317 Å². The summed E-state index contributed by atoms with van der Waals surface area (Å²) >= 11 is 0. The van der Waals surface area contributed by atoms with Gasteiger partial charge in [0, 0.05) is 126 Å². The Morgan fingerprint density at radius 2 is 0.497 bits per heavy atom. The number of nitrogens with zero attached hydrogens (tertiary/aromatic N) is 37. The predicted octanol–water partition coefficient (Wildman–Crippen LogP) is 14.6. The number of rotatable bonds is 10. The molecule has 0 atom stereocenters. The fourth-order valence-electron chi connectivity index (χ4n) is 10.6. The topological polar surface area (TPSA) is 489 Å². The average Bonchev–Trinajstić information content (AvgIpc) is 1.69. The van der Waals surface area contributed by atoms with Gasteiger partial charge in [0.05, 0.1) is 87.9 Å². The van der Waals surface area contributed by atoms with Crippen molar-refractivity contribution in [3.8, 4) is 114 Å². The van der Waals surface area contributed by atoms with E-state index < -0.39 is 59.1 Å². The van der Waals surface area contributed by atoms with Crippen LogP contribution in [0.25, 0.3) is 114 Å². The minimum atomic E-state index is -4.56. The summed E-state index contributed by atoms with van der Waals surface area (Å²) in [6.45, 7) is 20.6. The maximum absolute atomic E-state index is 12.8. The van der Waals surface area contributed by atoms with Crippen molar-refractivity contribution in [3.63, 3.8) is 0 Å². The van der Waals surface area contributed by atoms with Crippen molar-refractivity contribution in [1.82, 2.24) is 187 Å². The Bertz CT molecular complexity index is 6720. The van der Waals surface area contributed by atoms with E-state index >= 15 is 0 Å². The van der Waals surface area contributed by atoms with E-state index in [2.05, 4.69) is 187 Å². The second-order valence-electron chi connectivity index (χ2n) is 28.6. The molecule has 0 spiro atoms. The number of hydrogen-bond acceptors (Lipinski definition) is 27. The minimum absolute atomic E-state index is 0. The molecule has 0 unspecified atom stereocenters. The fraction of sp³-hybridized carbons (Fsp3) is 0.170. The van der Waals surface area contributed by atoms with Gasteiger partial charge in [0.2, 0.25) is 0 Å². The third kappa shape index (κ3) is 37.3. The summed E-state index contributed by atoms with van der Waals surface area (Å²) in [6, 6.07) is 22.4. The van der Waals surface area contributed by atoms with Gasteiger partial charge in [-0.05, 0) is 189 Å². The third-order valence-corrected chi connectivity index (χ3v) is 17.4. The van der Waals surface area contributed by atoms with Gasteiger partial charge in [-0.2, -0.15) is 52.7 Å². The van der Waals surface area contributed by atoms with Crippen LogP contribution in [0.1, 0.15) is 85.3 Å². The third-order valence-electron chi connectivity index (χ3n) is 17.4. The second-order valence-corrected chi connectivity index (χ2v) is 28.6. The molecule has 0 aromatic carbocycles. The zero-order valence-corrected chi connectivity index (χ0v) is 87.4. The standard InChI is InChI=1S/2C10H7F3N3.2C9H4F4N3.C9H7FN3.3C9H9N4.2C7H6N5.5Pt/c2*1-6-2-3-14-7(4-6)8-5-9(16-15-8)10(11,12)13;2*10-5-1-2-14-6(3-5)7-4-8(16-15-7)9(11,12)13;1-6-4-9(13-12-6)8-5-7(10)2-3-11-8;2*1-6-3-8(13-12-6)9-5-10-7(2)4-11-9;1-6-7(2)12-13-9(6)8-5-10-3-4-11-8;2*1-5-10-7(12-11-5)6-4-8-2-3-9-6;;;;;/h2*2-5H,1H3;2*1-4H;2-5H,1H3;3*3-5H,1-2H3;2*2-4H,1H3;;;;;/q10*-1;5*+2. The fourth-order valence-corrected chi connectivity index (χ4v) is 10.6. The Labute approximate surface area is 883 Å². The van der Waals surface area contributed by atoms with Gasteiger partial charge in [0.25, 0.3) is 0 Å². The van der Waals surface area contributed by atoms with E-state index in [1.807, 2.05) is 74.4 Å². The molecule has 0 saturated carbocycles. The van der Waals surface area contributed by atoms with E-state index in [1.165, 1.54) is 30.7 Å². The van der Waals surface area contributed by atoms with Crippen molar-refractivity contribution in [2.45, 2.75) is 101 Å². The minimum Gasteiger partial charge on any atom is -0.574 e. The van der Waals surface area contributed by atoms with E-state index in [9.17, 15) is 65.9 Å². The summed E-state index contributed by atoms with van der Waals surface area (Å²) in [5, 5.41) is 72.1. The summed E-state index contributed by atoms with van der Waals surface area (Å²) < 4.78 is 185. The maximum atomic E-state index is 12.8. The first-order chi connectivity index (χ1) is 66.6. The quantitative estimate of drug-likeness (QED) is 0.115. The molecule has 0 saturated heterocycles. The number of aromatic nitrogens is 37. The molecule has 0 radical (unpaired) electrons. The van der Waals surface area contributed by atoms with Crippen LogP contribution in [-0.2, 0) is 130 Å².